The van der Waals surface area contributed by atoms with Gasteiger partial charge in [0.05, 0.1) is 0 Å². The van der Waals surface area contributed by atoms with Gasteiger partial charge >= 0.3 is 0 Å². The van der Waals surface area contributed by atoms with E-state index in [1.165, 1.54) is 4.90 Å². The van der Waals surface area contributed by atoms with Crippen LogP contribution in [0.2, 0.25) is 0 Å². The van der Waals surface area contributed by atoms with Crippen molar-refractivity contribution in [3.05, 3.63) is 29.3 Å². The third-order valence-electron chi connectivity index (χ3n) is 3.69. The van der Waals surface area contributed by atoms with Gasteiger partial charge in [-0.25, -0.2) is 22.3 Å². The van der Waals surface area contributed by atoms with Gasteiger partial charge in [-0.2, -0.15) is 0 Å². The van der Waals surface area contributed by atoms with E-state index in [1.807, 2.05) is 6.92 Å². The standard InChI is InChI=1S/C13H16F2N2O3S/c1-2-8-4-3-7-17(8)13(18)11-9(14)5-6-10(12(11)15)21(16,19)20/h5-6,8H,2-4,7H2,1H3,(H2,16,19,20). The minimum absolute atomic E-state index is 0.0885. The summed E-state index contributed by atoms with van der Waals surface area (Å²) in [5.74, 6) is -3.35. The topological polar surface area (TPSA) is 80.5 Å². The third-order valence-corrected chi connectivity index (χ3v) is 4.61. The maximum Gasteiger partial charge on any atom is 0.260 e. The van der Waals surface area contributed by atoms with Gasteiger partial charge in [0, 0.05) is 12.6 Å². The van der Waals surface area contributed by atoms with Crippen LogP contribution in [0, 0.1) is 11.6 Å². The molecule has 0 spiro atoms. The summed E-state index contributed by atoms with van der Waals surface area (Å²) < 4.78 is 50.6. The van der Waals surface area contributed by atoms with E-state index in [1.54, 1.807) is 0 Å². The average Bonchev–Trinajstić information content (AvgIpc) is 2.85. The summed E-state index contributed by atoms with van der Waals surface area (Å²) in [6, 6.07) is 1.37. The lowest BCUT2D eigenvalue weighted by molar-refractivity contribution is 0.0723. The highest BCUT2D eigenvalue weighted by molar-refractivity contribution is 7.89. The monoisotopic (exact) mass is 318 g/mol. The Hall–Kier alpha value is -1.54. The Labute approximate surface area is 121 Å². The van der Waals surface area contributed by atoms with E-state index in [4.69, 9.17) is 5.14 Å². The quantitative estimate of drug-likeness (QED) is 0.919. The van der Waals surface area contributed by atoms with Crippen molar-refractivity contribution in [2.75, 3.05) is 6.54 Å². The molecule has 1 unspecified atom stereocenters. The molecule has 1 atom stereocenters. The first-order valence-corrected chi connectivity index (χ1v) is 8.13. The fourth-order valence-corrected chi connectivity index (χ4v) is 3.23. The molecule has 8 heteroatoms. The van der Waals surface area contributed by atoms with Crippen LogP contribution in [0.1, 0.15) is 36.5 Å². The Morgan fingerprint density at radius 2 is 2.10 bits per heavy atom. The lowest BCUT2D eigenvalue weighted by Crippen LogP contribution is -2.36. The summed E-state index contributed by atoms with van der Waals surface area (Å²) in [5, 5.41) is 4.87. The summed E-state index contributed by atoms with van der Waals surface area (Å²) >= 11 is 0. The largest absolute Gasteiger partial charge is 0.335 e. The number of hydrogen-bond donors (Lipinski definition) is 1. The molecule has 1 aliphatic rings. The first-order chi connectivity index (χ1) is 9.77. The molecule has 0 saturated carbocycles. The molecule has 5 nitrogen and oxygen atoms in total. The van der Waals surface area contributed by atoms with Crippen LogP contribution in [0.25, 0.3) is 0 Å². The molecule has 0 radical (unpaired) electrons. The van der Waals surface area contributed by atoms with Crippen LogP contribution >= 0.6 is 0 Å². The zero-order chi connectivity index (χ0) is 15.8. The second kappa shape index (κ2) is 5.69. The number of halogens is 2. The lowest BCUT2D eigenvalue weighted by atomic mass is 10.1. The number of nitrogens with zero attached hydrogens (tertiary/aromatic N) is 1. The summed E-state index contributed by atoms with van der Waals surface area (Å²) in [7, 11) is -4.36. The average molecular weight is 318 g/mol. The molecule has 0 aromatic heterocycles. The van der Waals surface area contributed by atoms with Crippen LogP contribution in [0.15, 0.2) is 17.0 Å². The van der Waals surface area contributed by atoms with E-state index in [9.17, 15) is 22.0 Å². The Morgan fingerprint density at radius 1 is 1.43 bits per heavy atom. The molecule has 2 rings (SSSR count). The predicted octanol–water partition coefficient (Wildman–Crippen LogP) is 1.63. The Bertz CT molecular complexity index is 676. The first kappa shape index (κ1) is 15.8. The molecule has 2 N–H and O–H groups in total. The van der Waals surface area contributed by atoms with Crippen LogP contribution in [-0.2, 0) is 10.0 Å². The van der Waals surface area contributed by atoms with Crippen LogP contribution in [0.3, 0.4) is 0 Å². The predicted molar refractivity (Wildman–Crippen MR) is 72.1 cm³/mol. The Kier molecular flexibility index (Phi) is 4.29. The molecular weight excluding hydrogens is 302 g/mol. The van der Waals surface area contributed by atoms with Crippen molar-refractivity contribution in [1.82, 2.24) is 4.90 Å². The maximum atomic E-state index is 14.2. The highest BCUT2D eigenvalue weighted by Gasteiger charge is 2.33. The number of rotatable bonds is 3. The van der Waals surface area contributed by atoms with Gasteiger partial charge in [0.1, 0.15) is 16.3 Å². The zero-order valence-electron chi connectivity index (χ0n) is 11.5. The second-order valence-corrected chi connectivity index (χ2v) is 6.51. The number of nitrogens with two attached hydrogens (primary N) is 1. The van der Waals surface area contributed by atoms with Crippen LogP contribution in [-0.4, -0.2) is 31.8 Å². The number of benzene rings is 1. The van der Waals surface area contributed by atoms with Gasteiger partial charge in [-0.05, 0) is 31.4 Å². The van der Waals surface area contributed by atoms with Crippen molar-refractivity contribution in [3.8, 4) is 0 Å². The van der Waals surface area contributed by atoms with Crippen molar-refractivity contribution in [2.45, 2.75) is 37.1 Å². The molecule has 1 aromatic carbocycles. The molecule has 1 fully saturated rings. The number of carbonyl (C=O) groups excluding carboxylic acids is 1. The van der Waals surface area contributed by atoms with Gasteiger partial charge in [0.2, 0.25) is 10.0 Å². The Balaban J connectivity index is 2.51. The lowest BCUT2D eigenvalue weighted by Gasteiger charge is -2.24. The molecular formula is C13H16F2N2O3S. The van der Waals surface area contributed by atoms with E-state index in [-0.39, 0.29) is 6.04 Å². The number of carbonyl (C=O) groups is 1. The molecule has 1 amide bonds. The SMILES string of the molecule is CCC1CCCN1C(=O)c1c(F)ccc(S(N)(=O)=O)c1F. The summed E-state index contributed by atoms with van der Waals surface area (Å²) in [6.07, 6.45) is 2.19. The zero-order valence-corrected chi connectivity index (χ0v) is 12.3. The number of hydrogen-bond acceptors (Lipinski definition) is 3. The van der Waals surface area contributed by atoms with Crippen LogP contribution in [0.5, 0.6) is 0 Å². The van der Waals surface area contributed by atoms with E-state index < -0.39 is 38.0 Å². The van der Waals surface area contributed by atoms with Crippen molar-refractivity contribution in [1.29, 1.82) is 0 Å². The number of sulfonamides is 1. The van der Waals surface area contributed by atoms with Crippen molar-refractivity contribution in [2.24, 2.45) is 5.14 Å². The number of primary sulfonamides is 1. The number of amides is 1. The maximum absolute atomic E-state index is 14.2. The van der Waals surface area contributed by atoms with Crippen molar-refractivity contribution < 1.29 is 22.0 Å². The number of likely N-dealkylation sites (tertiary alicyclic amines) is 1. The normalized spacial score (nSPS) is 19.0. The molecule has 1 aliphatic heterocycles. The molecule has 0 aliphatic carbocycles. The van der Waals surface area contributed by atoms with Crippen molar-refractivity contribution >= 4 is 15.9 Å². The summed E-state index contributed by atoms with van der Waals surface area (Å²) in [4.78, 5) is 12.9. The van der Waals surface area contributed by atoms with Gasteiger partial charge in [0.15, 0.2) is 5.82 Å². The molecule has 1 heterocycles. The fraction of sp³-hybridized carbons (Fsp3) is 0.462. The molecule has 1 aromatic rings. The highest BCUT2D eigenvalue weighted by atomic mass is 32.2. The smallest absolute Gasteiger partial charge is 0.260 e. The molecule has 1 saturated heterocycles. The van der Waals surface area contributed by atoms with Gasteiger partial charge in [-0.3, -0.25) is 4.79 Å². The minimum atomic E-state index is -4.36. The molecule has 116 valence electrons. The molecule has 0 bridgehead atoms. The van der Waals surface area contributed by atoms with E-state index in [2.05, 4.69) is 0 Å². The van der Waals surface area contributed by atoms with Gasteiger partial charge in [-0.1, -0.05) is 6.92 Å². The Morgan fingerprint density at radius 3 is 2.67 bits per heavy atom. The van der Waals surface area contributed by atoms with Crippen LogP contribution < -0.4 is 5.14 Å². The fourth-order valence-electron chi connectivity index (χ4n) is 2.62. The van der Waals surface area contributed by atoms with Gasteiger partial charge < -0.3 is 4.90 Å². The van der Waals surface area contributed by atoms with E-state index in [0.29, 0.717) is 13.0 Å². The molecule has 21 heavy (non-hydrogen) atoms. The third kappa shape index (κ3) is 2.91. The van der Waals surface area contributed by atoms with E-state index in [0.717, 1.165) is 25.0 Å². The summed E-state index contributed by atoms with van der Waals surface area (Å²) in [6.45, 7) is 2.28. The first-order valence-electron chi connectivity index (χ1n) is 6.59. The highest BCUT2D eigenvalue weighted by Crippen LogP contribution is 2.26. The van der Waals surface area contributed by atoms with Gasteiger partial charge in [0.25, 0.3) is 5.91 Å². The van der Waals surface area contributed by atoms with E-state index >= 15 is 0 Å². The van der Waals surface area contributed by atoms with Crippen LogP contribution in [0.4, 0.5) is 8.78 Å². The van der Waals surface area contributed by atoms with Crippen molar-refractivity contribution in [3.63, 3.8) is 0 Å². The minimum Gasteiger partial charge on any atom is -0.335 e. The summed E-state index contributed by atoms with van der Waals surface area (Å²) in [5.41, 5.74) is -0.859. The second-order valence-electron chi connectivity index (χ2n) is 4.98. The van der Waals surface area contributed by atoms with Gasteiger partial charge in [-0.15, -0.1) is 0 Å².